The SMILES string of the molecule is COCCCCn1nc(C)c(CCNCCOC)c1C. The summed E-state index contributed by atoms with van der Waals surface area (Å²) in [5, 5.41) is 8.03. The van der Waals surface area contributed by atoms with Crippen molar-refractivity contribution in [1.29, 1.82) is 0 Å². The van der Waals surface area contributed by atoms with Gasteiger partial charge in [0.05, 0.1) is 12.3 Å². The molecule has 1 aromatic heterocycles. The van der Waals surface area contributed by atoms with Crippen molar-refractivity contribution in [1.82, 2.24) is 15.1 Å². The Balaban J connectivity index is 2.40. The molecule has 0 unspecified atom stereocenters. The van der Waals surface area contributed by atoms with E-state index in [0.717, 1.165) is 57.8 Å². The Morgan fingerprint density at radius 3 is 2.50 bits per heavy atom. The molecule has 1 rings (SSSR count). The summed E-state index contributed by atoms with van der Waals surface area (Å²) in [6, 6.07) is 0. The van der Waals surface area contributed by atoms with E-state index in [0.29, 0.717) is 0 Å². The smallest absolute Gasteiger partial charge is 0.0628 e. The molecule has 0 aliphatic carbocycles. The predicted molar refractivity (Wildman–Crippen MR) is 81.3 cm³/mol. The van der Waals surface area contributed by atoms with Crippen molar-refractivity contribution >= 4 is 0 Å². The van der Waals surface area contributed by atoms with Gasteiger partial charge in [-0.2, -0.15) is 5.10 Å². The number of hydrogen-bond acceptors (Lipinski definition) is 4. The normalized spacial score (nSPS) is 11.2. The van der Waals surface area contributed by atoms with Gasteiger partial charge in [0.2, 0.25) is 0 Å². The van der Waals surface area contributed by atoms with Crippen molar-refractivity contribution < 1.29 is 9.47 Å². The molecular weight excluding hydrogens is 254 g/mol. The largest absolute Gasteiger partial charge is 0.385 e. The summed E-state index contributed by atoms with van der Waals surface area (Å²) in [5.41, 5.74) is 3.83. The van der Waals surface area contributed by atoms with Crippen LogP contribution < -0.4 is 5.32 Å². The van der Waals surface area contributed by atoms with Gasteiger partial charge in [0.25, 0.3) is 0 Å². The highest BCUT2D eigenvalue weighted by molar-refractivity contribution is 5.24. The third-order valence-electron chi connectivity index (χ3n) is 3.53. The fourth-order valence-electron chi connectivity index (χ4n) is 2.33. The fraction of sp³-hybridized carbons (Fsp3) is 0.800. The van der Waals surface area contributed by atoms with E-state index in [9.17, 15) is 0 Å². The van der Waals surface area contributed by atoms with Gasteiger partial charge in [0.15, 0.2) is 0 Å². The van der Waals surface area contributed by atoms with Gasteiger partial charge in [-0.3, -0.25) is 4.68 Å². The lowest BCUT2D eigenvalue weighted by Gasteiger charge is -2.06. The summed E-state index contributed by atoms with van der Waals surface area (Å²) in [5.74, 6) is 0. The summed E-state index contributed by atoms with van der Waals surface area (Å²) in [7, 11) is 3.47. The molecule has 0 fully saturated rings. The van der Waals surface area contributed by atoms with Crippen LogP contribution in [-0.4, -0.2) is 50.3 Å². The highest BCUT2D eigenvalue weighted by atomic mass is 16.5. The maximum Gasteiger partial charge on any atom is 0.0628 e. The number of rotatable bonds is 11. The average Bonchev–Trinajstić information content (AvgIpc) is 2.70. The van der Waals surface area contributed by atoms with Crippen molar-refractivity contribution in [2.45, 2.75) is 39.7 Å². The van der Waals surface area contributed by atoms with Gasteiger partial charge in [0, 0.05) is 39.6 Å². The number of nitrogens with one attached hydrogen (secondary N) is 1. The van der Waals surface area contributed by atoms with Gasteiger partial charge in [-0.15, -0.1) is 0 Å². The molecule has 1 heterocycles. The maximum absolute atomic E-state index is 5.08. The zero-order valence-electron chi connectivity index (χ0n) is 13.4. The molecule has 5 nitrogen and oxygen atoms in total. The molecular formula is C15H29N3O2. The van der Waals surface area contributed by atoms with Gasteiger partial charge in [-0.1, -0.05) is 0 Å². The first-order chi connectivity index (χ1) is 9.70. The summed E-state index contributed by atoms with van der Waals surface area (Å²) in [6.07, 6.45) is 3.23. The van der Waals surface area contributed by atoms with Crippen LogP contribution in [0.25, 0.3) is 0 Å². The van der Waals surface area contributed by atoms with Gasteiger partial charge in [0.1, 0.15) is 0 Å². The second kappa shape index (κ2) is 9.91. The number of hydrogen-bond donors (Lipinski definition) is 1. The van der Waals surface area contributed by atoms with E-state index in [1.54, 1.807) is 14.2 Å². The Hall–Kier alpha value is -0.910. The zero-order valence-corrected chi connectivity index (χ0v) is 13.4. The van der Waals surface area contributed by atoms with Gasteiger partial charge in [-0.25, -0.2) is 0 Å². The molecule has 0 bridgehead atoms. The van der Waals surface area contributed by atoms with Crippen LogP contribution >= 0.6 is 0 Å². The maximum atomic E-state index is 5.08. The minimum absolute atomic E-state index is 0.761. The van der Waals surface area contributed by atoms with Crippen molar-refractivity contribution in [3.8, 4) is 0 Å². The second-order valence-corrected chi connectivity index (χ2v) is 5.07. The summed E-state index contributed by atoms with van der Waals surface area (Å²) < 4.78 is 12.2. The quantitative estimate of drug-likeness (QED) is 0.628. The molecule has 0 aromatic carbocycles. The minimum atomic E-state index is 0.761. The average molecular weight is 283 g/mol. The highest BCUT2D eigenvalue weighted by Crippen LogP contribution is 2.14. The fourth-order valence-corrected chi connectivity index (χ4v) is 2.33. The summed E-state index contributed by atoms with van der Waals surface area (Å²) >= 11 is 0. The zero-order chi connectivity index (χ0) is 14.8. The van der Waals surface area contributed by atoms with Crippen LogP contribution in [0.5, 0.6) is 0 Å². The molecule has 0 atom stereocenters. The lowest BCUT2D eigenvalue weighted by molar-refractivity contribution is 0.191. The third kappa shape index (κ3) is 5.61. The van der Waals surface area contributed by atoms with Crippen LogP contribution in [0.4, 0.5) is 0 Å². The standard InChI is InChI=1S/C15H29N3O2/c1-13-15(7-8-16-9-12-20-4)14(2)18(17-13)10-5-6-11-19-3/h16H,5-12H2,1-4H3. The number of methoxy groups -OCH3 is 2. The Labute approximate surface area is 122 Å². The van der Waals surface area contributed by atoms with Crippen LogP contribution in [0.15, 0.2) is 0 Å². The molecule has 0 saturated carbocycles. The van der Waals surface area contributed by atoms with Gasteiger partial charge in [-0.05, 0) is 45.2 Å². The van der Waals surface area contributed by atoms with Crippen molar-refractivity contribution in [3.63, 3.8) is 0 Å². The molecule has 5 heteroatoms. The molecule has 0 aliphatic heterocycles. The van der Waals surface area contributed by atoms with Crippen LogP contribution in [0.1, 0.15) is 29.8 Å². The van der Waals surface area contributed by atoms with E-state index in [2.05, 4.69) is 28.9 Å². The van der Waals surface area contributed by atoms with Crippen LogP contribution in [0.3, 0.4) is 0 Å². The van der Waals surface area contributed by atoms with E-state index in [4.69, 9.17) is 9.47 Å². The number of unbranched alkanes of at least 4 members (excludes halogenated alkanes) is 1. The van der Waals surface area contributed by atoms with Gasteiger partial charge < -0.3 is 14.8 Å². The second-order valence-electron chi connectivity index (χ2n) is 5.07. The monoisotopic (exact) mass is 283 g/mol. The topological polar surface area (TPSA) is 48.3 Å². The first-order valence-electron chi connectivity index (χ1n) is 7.42. The number of aromatic nitrogens is 2. The number of aryl methyl sites for hydroxylation is 2. The molecule has 0 spiro atoms. The molecule has 116 valence electrons. The first-order valence-corrected chi connectivity index (χ1v) is 7.42. The molecule has 0 aliphatic rings. The Kier molecular flexibility index (Phi) is 8.49. The van der Waals surface area contributed by atoms with Crippen LogP contribution in [-0.2, 0) is 22.4 Å². The van der Waals surface area contributed by atoms with Crippen molar-refractivity contribution in [3.05, 3.63) is 17.0 Å². The Morgan fingerprint density at radius 1 is 1.05 bits per heavy atom. The highest BCUT2D eigenvalue weighted by Gasteiger charge is 2.10. The van der Waals surface area contributed by atoms with E-state index in [1.807, 2.05) is 0 Å². The molecule has 1 N–H and O–H groups in total. The van der Waals surface area contributed by atoms with E-state index in [1.165, 1.54) is 11.3 Å². The Morgan fingerprint density at radius 2 is 1.80 bits per heavy atom. The van der Waals surface area contributed by atoms with E-state index >= 15 is 0 Å². The van der Waals surface area contributed by atoms with E-state index in [-0.39, 0.29) is 0 Å². The van der Waals surface area contributed by atoms with Crippen LogP contribution in [0, 0.1) is 13.8 Å². The van der Waals surface area contributed by atoms with Crippen molar-refractivity contribution in [2.24, 2.45) is 0 Å². The predicted octanol–water partition coefficient (Wildman–Crippen LogP) is 1.71. The first kappa shape index (κ1) is 17.1. The molecule has 0 amide bonds. The lowest BCUT2D eigenvalue weighted by atomic mass is 10.1. The molecule has 20 heavy (non-hydrogen) atoms. The molecule has 1 aromatic rings. The van der Waals surface area contributed by atoms with E-state index < -0.39 is 0 Å². The number of ether oxygens (including phenoxy) is 2. The Bertz CT molecular complexity index is 377. The van der Waals surface area contributed by atoms with Crippen LogP contribution in [0.2, 0.25) is 0 Å². The number of nitrogens with zero attached hydrogens (tertiary/aromatic N) is 2. The summed E-state index contributed by atoms with van der Waals surface area (Å²) in [4.78, 5) is 0. The third-order valence-corrected chi connectivity index (χ3v) is 3.53. The molecule has 0 radical (unpaired) electrons. The minimum Gasteiger partial charge on any atom is -0.385 e. The lowest BCUT2D eigenvalue weighted by Crippen LogP contribution is -2.22. The van der Waals surface area contributed by atoms with Gasteiger partial charge >= 0.3 is 0 Å². The summed E-state index contributed by atoms with van der Waals surface area (Å²) in [6.45, 7) is 8.71. The van der Waals surface area contributed by atoms with Crippen molar-refractivity contribution in [2.75, 3.05) is 40.5 Å². The molecule has 0 saturated heterocycles.